The van der Waals surface area contributed by atoms with Gasteiger partial charge in [0, 0.05) is 0 Å². The highest BCUT2D eigenvalue weighted by Gasteiger charge is 2.53. The molecule has 0 aliphatic carbocycles. The summed E-state index contributed by atoms with van der Waals surface area (Å²) in [6.45, 7) is -0.577. The largest absolute Gasteiger partial charge is 0.459 e. The van der Waals surface area contributed by atoms with Gasteiger partial charge in [-0.3, -0.25) is 0 Å². The summed E-state index contributed by atoms with van der Waals surface area (Å²) in [5.74, 6) is -2.64. The molecule has 4 atom stereocenters. The van der Waals surface area contributed by atoms with Crippen molar-refractivity contribution >= 4 is 28.4 Å². The van der Waals surface area contributed by atoms with Crippen LogP contribution in [0.2, 0.25) is 0 Å². The fraction of sp³-hybridized carbons (Fsp3) is 0.192. The zero-order chi connectivity index (χ0) is 27.1. The van der Waals surface area contributed by atoms with Crippen molar-refractivity contribution < 1.29 is 49.8 Å². The maximum Gasteiger partial charge on any atom is 0.438 e. The molecule has 38 heavy (non-hydrogen) atoms. The Hall–Kier alpha value is -4.13. The fourth-order valence-corrected chi connectivity index (χ4v) is 4.09. The highest BCUT2D eigenvalue weighted by atomic mass is 32.3. The Morgan fingerprint density at radius 3 is 1.61 bits per heavy atom. The summed E-state index contributed by atoms with van der Waals surface area (Å²) in [4.78, 5) is 37.8. The Balaban J connectivity index is 1.60. The van der Waals surface area contributed by atoms with Crippen LogP contribution in [0.25, 0.3) is 0 Å². The first-order chi connectivity index (χ1) is 18.2. The number of benzene rings is 3. The first kappa shape index (κ1) is 26.9. The van der Waals surface area contributed by atoms with E-state index in [0.717, 1.165) is 0 Å². The Kier molecular flexibility index (Phi) is 8.46. The quantitative estimate of drug-likeness (QED) is 0.225. The lowest BCUT2D eigenvalue weighted by atomic mass is 10.1. The molecule has 0 spiro atoms. The molecule has 198 valence electrons. The molecular formula is C26H21FO10S. The molecule has 0 N–H and O–H groups in total. The molecule has 1 aliphatic rings. The van der Waals surface area contributed by atoms with E-state index in [9.17, 15) is 26.7 Å². The van der Waals surface area contributed by atoms with Crippen molar-refractivity contribution in [2.75, 3.05) is 6.61 Å². The second-order valence-electron chi connectivity index (χ2n) is 7.97. The monoisotopic (exact) mass is 544 g/mol. The van der Waals surface area contributed by atoms with E-state index in [1.54, 1.807) is 54.6 Å². The molecule has 1 heterocycles. The summed E-state index contributed by atoms with van der Waals surface area (Å²) in [5.41, 5.74) is 0.364. The number of hydrogen-bond acceptors (Lipinski definition) is 10. The van der Waals surface area contributed by atoms with Crippen molar-refractivity contribution in [3.63, 3.8) is 0 Å². The van der Waals surface area contributed by atoms with Gasteiger partial charge in [-0.1, -0.05) is 58.5 Å². The van der Waals surface area contributed by atoms with Crippen LogP contribution in [0.1, 0.15) is 31.1 Å². The van der Waals surface area contributed by atoms with Crippen LogP contribution in [0.3, 0.4) is 0 Å². The lowest BCUT2D eigenvalue weighted by molar-refractivity contribution is -0.135. The van der Waals surface area contributed by atoms with Gasteiger partial charge >= 0.3 is 28.4 Å². The van der Waals surface area contributed by atoms with Gasteiger partial charge < -0.3 is 18.9 Å². The third-order valence-corrected chi connectivity index (χ3v) is 5.82. The number of carbonyl (C=O) groups excluding carboxylic acids is 3. The van der Waals surface area contributed by atoms with Gasteiger partial charge in [-0.2, -0.15) is 8.42 Å². The van der Waals surface area contributed by atoms with Gasteiger partial charge in [0.15, 0.2) is 12.2 Å². The highest BCUT2D eigenvalue weighted by Crippen LogP contribution is 2.31. The topological polar surface area (TPSA) is 132 Å². The lowest BCUT2D eigenvalue weighted by Gasteiger charge is -2.22. The predicted octanol–water partition coefficient (Wildman–Crippen LogP) is 3.25. The summed E-state index contributed by atoms with van der Waals surface area (Å²) in [6.07, 6.45) is -6.85. The van der Waals surface area contributed by atoms with Gasteiger partial charge in [0.2, 0.25) is 6.29 Å². The number of esters is 3. The number of halogens is 1. The van der Waals surface area contributed by atoms with Gasteiger partial charge in [0.25, 0.3) is 0 Å². The van der Waals surface area contributed by atoms with E-state index in [4.69, 9.17) is 18.9 Å². The number of rotatable bonds is 9. The van der Waals surface area contributed by atoms with Gasteiger partial charge in [-0.15, -0.1) is 0 Å². The molecular weight excluding hydrogens is 523 g/mol. The summed E-state index contributed by atoms with van der Waals surface area (Å²) >= 11 is 0. The summed E-state index contributed by atoms with van der Waals surface area (Å²) in [5, 5.41) is 0. The minimum absolute atomic E-state index is 0.0785. The minimum atomic E-state index is -5.64. The number of carbonyl (C=O) groups is 3. The van der Waals surface area contributed by atoms with E-state index >= 15 is 0 Å². The molecule has 1 aliphatic heterocycles. The fourth-order valence-electron chi connectivity index (χ4n) is 3.63. The molecule has 0 aromatic heterocycles. The first-order valence-corrected chi connectivity index (χ1v) is 12.5. The average Bonchev–Trinajstić information content (AvgIpc) is 3.22. The molecule has 10 nitrogen and oxygen atoms in total. The van der Waals surface area contributed by atoms with Crippen LogP contribution >= 0.6 is 0 Å². The zero-order valence-electron chi connectivity index (χ0n) is 19.5. The van der Waals surface area contributed by atoms with Crippen molar-refractivity contribution in [2.24, 2.45) is 0 Å². The van der Waals surface area contributed by atoms with Crippen LogP contribution < -0.4 is 0 Å². The number of hydrogen-bond donors (Lipinski definition) is 0. The zero-order valence-corrected chi connectivity index (χ0v) is 20.4. The molecule has 0 saturated carbocycles. The van der Waals surface area contributed by atoms with Crippen LogP contribution in [-0.2, 0) is 33.6 Å². The molecule has 12 heteroatoms. The summed E-state index contributed by atoms with van der Waals surface area (Å²) in [7, 11) is -5.64. The molecule has 4 rings (SSSR count). The van der Waals surface area contributed by atoms with Crippen LogP contribution in [0.15, 0.2) is 91.0 Å². The van der Waals surface area contributed by atoms with Crippen LogP contribution in [0.5, 0.6) is 0 Å². The van der Waals surface area contributed by atoms with Crippen LogP contribution in [0, 0.1) is 0 Å². The van der Waals surface area contributed by atoms with E-state index in [0.29, 0.717) is 0 Å². The Morgan fingerprint density at radius 2 is 1.13 bits per heavy atom. The summed E-state index contributed by atoms with van der Waals surface area (Å²) in [6, 6.07) is 23.2. The smallest absolute Gasteiger partial charge is 0.438 e. The third-order valence-electron chi connectivity index (χ3n) is 5.37. The molecule has 3 aromatic carbocycles. The van der Waals surface area contributed by atoms with Crippen molar-refractivity contribution in [1.29, 1.82) is 0 Å². The Labute approximate surface area is 217 Å². The van der Waals surface area contributed by atoms with E-state index < -0.39 is 59.6 Å². The van der Waals surface area contributed by atoms with E-state index in [2.05, 4.69) is 4.18 Å². The van der Waals surface area contributed by atoms with Crippen molar-refractivity contribution in [2.45, 2.75) is 24.6 Å². The van der Waals surface area contributed by atoms with Crippen LogP contribution in [-0.4, -0.2) is 57.5 Å². The number of ether oxygens (including phenoxy) is 4. The highest BCUT2D eigenvalue weighted by molar-refractivity contribution is 7.81. The standard InChI is InChI=1S/C26H21FO10S/c27-38(31,32)37-22-21(35-24(29)18-12-6-2-7-13-18)20(16-33-23(28)17-10-4-1-5-11-17)34-26(22)36-25(30)19-14-8-3-9-15-19/h1-15,20-22,26H,16H2. The SMILES string of the molecule is O=C(OCC1OC(OC(=O)c2ccccc2)C(OS(=O)(=O)F)C1OC(=O)c1ccccc1)c1ccccc1. The van der Waals surface area contributed by atoms with Crippen molar-refractivity contribution in [3.8, 4) is 0 Å². The molecule has 3 aromatic rings. The first-order valence-electron chi connectivity index (χ1n) is 11.2. The maximum absolute atomic E-state index is 13.7. The second kappa shape index (κ2) is 11.9. The molecule has 4 unspecified atom stereocenters. The third kappa shape index (κ3) is 7.00. The van der Waals surface area contributed by atoms with Gasteiger partial charge in [0.05, 0.1) is 16.7 Å². The molecule has 0 bridgehead atoms. The van der Waals surface area contributed by atoms with Crippen molar-refractivity contribution in [1.82, 2.24) is 0 Å². The average molecular weight is 545 g/mol. The Morgan fingerprint density at radius 1 is 0.684 bits per heavy atom. The van der Waals surface area contributed by atoms with Crippen molar-refractivity contribution in [3.05, 3.63) is 108 Å². The van der Waals surface area contributed by atoms with Crippen LogP contribution in [0.4, 0.5) is 3.89 Å². The molecule has 0 radical (unpaired) electrons. The van der Waals surface area contributed by atoms with E-state index in [-0.39, 0.29) is 16.7 Å². The van der Waals surface area contributed by atoms with Gasteiger partial charge in [-0.25, -0.2) is 18.6 Å². The minimum Gasteiger partial charge on any atom is -0.459 e. The lowest BCUT2D eigenvalue weighted by Crippen LogP contribution is -2.42. The molecule has 1 saturated heterocycles. The normalized spacial score (nSPS) is 20.9. The molecule has 1 fully saturated rings. The second-order valence-corrected chi connectivity index (χ2v) is 8.95. The van der Waals surface area contributed by atoms with E-state index in [1.807, 2.05) is 0 Å². The molecule has 0 amide bonds. The maximum atomic E-state index is 13.7. The summed E-state index contributed by atoms with van der Waals surface area (Å²) < 4.78 is 62.6. The predicted molar refractivity (Wildman–Crippen MR) is 128 cm³/mol. The van der Waals surface area contributed by atoms with Gasteiger partial charge in [-0.05, 0) is 36.4 Å². The van der Waals surface area contributed by atoms with Gasteiger partial charge in [0.1, 0.15) is 12.7 Å². The Bertz CT molecular complexity index is 1370. The van der Waals surface area contributed by atoms with E-state index in [1.165, 1.54) is 36.4 Å².